The fourth-order valence-electron chi connectivity index (χ4n) is 2.11. The van der Waals surface area contributed by atoms with E-state index in [1.54, 1.807) is 11.3 Å². The molecule has 3 aromatic rings. The van der Waals surface area contributed by atoms with Crippen molar-refractivity contribution in [1.29, 1.82) is 0 Å². The van der Waals surface area contributed by atoms with E-state index < -0.39 is 0 Å². The number of hydrogen-bond acceptors (Lipinski definition) is 4. The first-order chi connectivity index (χ1) is 9.54. The van der Waals surface area contributed by atoms with Gasteiger partial charge in [-0.3, -0.25) is 0 Å². The number of rotatable bonds is 4. The zero-order valence-corrected chi connectivity index (χ0v) is 12.7. The van der Waals surface area contributed by atoms with Crippen LogP contribution in [0.4, 0.5) is 5.95 Å². The molecule has 0 saturated carbocycles. The second kappa shape index (κ2) is 4.90. The van der Waals surface area contributed by atoms with Gasteiger partial charge in [-0.05, 0) is 30.0 Å². The molecule has 0 atom stereocenters. The van der Waals surface area contributed by atoms with Crippen molar-refractivity contribution in [2.45, 2.75) is 26.2 Å². The summed E-state index contributed by atoms with van der Waals surface area (Å²) in [5.74, 6) is 0.681. The average molecular weight is 286 g/mol. The molecule has 3 heterocycles. The van der Waals surface area contributed by atoms with Crippen molar-refractivity contribution in [2.75, 3.05) is 11.9 Å². The lowest BCUT2D eigenvalue weighted by Crippen LogP contribution is -2.26. The van der Waals surface area contributed by atoms with Crippen molar-refractivity contribution < 1.29 is 0 Å². The van der Waals surface area contributed by atoms with Crippen molar-refractivity contribution in [3.05, 3.63) is 46.3 Å². The smallest absolute Gasteiger partial charge is 0.243 e. The normalized spacial score (nSPS) is 11.9. The molecule has 20 heavy (non-hydrogen) atoms. The maximum atomic E-state index is 4.48. The molecule has 0 unspecified atom stereocenters. The third-order valence-corrected chi connectivity index (χ3v) is 4.59. The van der Waals surface area contributed by atoms with Gasteiger partial charge in [0.05, 0.1) is 0 Å². The minimum Gasteiger partial charge on any atom is -0.352 e. The highest BCUT2D eigenvalue weighted by Crippen LogP contribution is 2.27. The summed E-state index contributed by atoms with van der Waals surface area (Å²) in [5.41, 5.74) is 2.11. The van der Waals surface area contributed by atoms with Crippen molar-refractivity contribution in [3.8, 4) is 0 Å². The summed E-state index contributed by atoms with van der Waals surface area (Å²) in [6.45, 7) is 7.31. The van der Waals surface area contributed by atoms with Gasteiger partial charge in [0.2, 0.25) is 5.95 Å². The van der Waals surface area contributed by atoms with Crippen molar-refractivity contribution in [2.24, 2.45) is 0 Å². The van der Waals surface area contributed by atoms with E-state index in [1.807, 2.05) is 29.8 Å². The molecule has 0 aliphatic carbocycles. The highest BCUT2D eigenvalue weighted by atomic mass is 32.1. The molecular formula is C15H18N4S. The fraction of sp³-hybridized carbons (Fsp3) is 0.333. The Labute approximate surface area is 122 Å². The molecule has 104 valence electrons. The van der Waals surface area contributed by atoms with Crippen LogP contribution in [0.3, 0.4) is 0 Å². The van der Waals surface area contributed by atoms with Gasteiger partial charge in [-0.15, -0.1) is 16.4 Å². The van der Waals surface area contributed by atoms with Crippen LogP contribution in [0.5, 0.6) is 0 Å². The minimum absolute atomic E-state index is 0.0710. The van der Waals surface area contributed by atoms with Gasteiger partial charge >= 0.3 is 0 Å². The first-order valence-corrected chi connectivity index (χ1v) is 7.53. The van der Waals surface area contributed by atoms with E-state index in [9.17, 15) is 0 Å². The Morgan fingerprint density at radius 1 is 1.30 bits per heavy atom. The molecule has 1 N–H and O–H groups in total. The summed E-state index contributed by atoms with van der Waals surface area (Å²) >= 11 is 1.79. The standard InChI is InChI=1S/C15H18N4S/c1-11-6-7-13-17-14(18-19(13)9-11)16-10-15(2,3)12-5-4-8-20-12/h4-9H,10H2,1-3H3,(H,16,18). The van der Waals surface area contributed by atoms with E-state index in [0.717, 1.165) is 12.2 Å². The van der Waals surface area contributed by atoms with E-state index in [0.29, 0.717) is 5.95 Å². The number of nitrogens with zero attached hydrogens (tertiary/aromatic N) is 3. The summed E-state index contributed by atoms with van der Waals surface area (Å²) in [4.78, 5) is 5.85. The zero-order valence-electron chi connectivity index (χ0n) is 11.9. The van der Waals surface area contributed by atoms with Crippen LogP contribution < -0.4 is 5.32 Å². The molecule has 0 aliphatic heterocycles. The quantitative estimate of drug-likeness (QED) is 0.798. The Kier molecular flexibility index (Phi) is 3.22. The Morgan fingerprint density at radius 2 is 2.15 bits per heavy atom. The van der Waals surface area contributed by atoms with Crippen LogP contribution in [-0.4, -0.2) is 21.1 Å². The highest BCUT2D eigenvalue weighted by Gasteiger charge is 2.22. The van der Waals surface area contributed by atoms with Gasteiger partial charge < -0.3 is 5.32 Å². The number of fused-ring (bicyclic) bond motifs is 1. The molecule has 5 heteroatoms. The molecule has 0 amide bonds. The van der Waals surface area contributed by atoms with Gasteiger partial charge in [0.15, 0.2) is 5.65 Å². The fourth-order valence-corrected chi connectivity index (χ4v) is 2.96. The second-order valence-electron chi connectivity index (χ2n) is 5.66. The van der Waals surface area contributed by atoms with Crippen LogP contribution in [0.2, 0.25) is 0 Å². The van der Waals surface area contributed by atoms with Crippen molar-refractivity contribution in [1.82, 2.24) is 14.6 Å². The number of thiophene rings is 1. The Hall–Kier alpha value is -1.88. The number of pyridine rings is 1. The maximum absolute atomic E-state index is 4.48. The molecule has 0 spiro atoms. The van der Waals surface area contributed by atoms with Crippen molar-refractivity contribution in [3.63, 3.8) is 0 Å². The lowest BCUT2D eigenvalue weighted by Gasteiger charge is -2.23. The first kappa shape index (κ1) is 13.1. The summed E-state index contributed by atoms with van der Waals surface area (Å²) < 4.78 is 1.82. The largest absolute Gasteiger partial charge is 0.352 e. The molecular weight excluding hydrogens is 268 g/mol. The summed E-state index contributed by atoms with van der Waals surface area (Å²) in [6, 6.07) is 8.29. The monoisotopic (exact) mass is 286 g/mol. The topological polar surface area (TPSA) is 42.2 Å². The Morgan fingerprint density at radius 3 is 2.90 bits per heavy atom. The number of aromatic nitrogens is 3. The summed E-state index contributed by atoms with van der Waals surface area (Å²) in [6.07, 6.45) is 1.98. The van der Waals surface area contributed by atoms with Crippen LogP contribution >= 0.6 is 11.3 Å². The Bertz CT molecular complexity index is 713. The van der Waals surface area contributed by atoms with Gasteiger partial charge in [0.25, 0.3) is 0 Å². The molecule has 4 nitrogen and oxygen atoms in total. The van der Waals surface area contributed by atoms with Crippen LogP contribution in [0.25, 0.3) is 5.65 Å². The summed E-state index contributed by atoms with van der Waals surface area (Å²) in [5, 5.41) is 9.92. The van der Waals surface area contributed by atoms with E-state index in [2.05, 4.69) is 46.8 Å². The van der Waals surface area contributed by atoms with Crippen molar-refractivity contribution >= 4 is 22.9 Å². The number of aryl methyl sites for hydroxylation is 1. The molecule has 0 saturated heterocycles. The van der Waals surface area contributed by atoms with E-state index >= 15 is 0 Å². The SMILES string of the molecule is Cc1ccc2nc(NCC(C)(C)c3cccs3)nn2c1. The highest BCUT2D eigenvalue weighted by molar-refractivity contribution is 7.10. The van der Waals surface area contributed by atoms with Crippen LogP contribution in [0.15, 0.2) is 35.8 Å². The van der Waals surface area contributed by atoms with Gasteiger partial charge in [-0.2, -0.15) is 4.98 Å². The maximum Gasteiger partial charge on any atom is 0.243 e. The molecule has 3 rings (SSSR count). The predicted octanol–water partition coefficient (Wildman–Crippen LogP) is 3.49. The van der Waals surface area contributed by atoms with Crippen LogP contribution in [0.1, 0.15) is 24.3 Å². The molecule has 0 radical (unpaired) electrons. The Balaban J connectivity index is 1.77. The van der Waals surface area contributed by atoms with Crippen LogP contribution in [0, 0.1) is 6.92 Å². The third kappa shape index (κ3) is 2.54. The average Bonchev–Trinajstić information content (AvgIpc) is 3.05. The zero-order chi connectivity index (χ0) is 14.2. The van der Waals surface area contributed by atoms with Gasteiger partial charge in [0.1, 0.15) is 0 Å². The van der Waals surface area contributed by atoms with Gasteiger partial charge in [-0.25, -0.2) is 4.52 Å². The summed E-state index contributed by atoms with van der Waals surface area (Å²) in [7, 11) is 0. The molecule has 3 aromatic heterocycles. The van der Waals surface area contributed by atoms with Crippen LogP contribution in [-0.2, 0) is 5.41 Å². The number of anilines is 1. The van der Waals surface area contributed by atoms with E-state index in [1.165, 1.54) is 10.4 Å². The third-order valence-electron chi connectivity index (χ3n) is 3.36. The minimum atomic E-state index is 0.0710. The van der Waals surface area contributed by atoms with Gasteiger partial charge in [0, 0.05) is 23.0 Å². The molecule has 0 fully saturated rings. The number of hydrogen-bond donors (Lipinski definition) is 1. The first-order valence-electron chi connectivity index (χ1n) is 6.65. The van der Waals surface area contributed by atoms with E-state index in [4.69, 9.17) is 0 Å². The molecule has 0 aliphatic rings. The molecule has 0 bridgehead atoms. The molecule has 0 aromatic carbocycles. The van der Waals surface area contributed by atoms with E-state index in [-0.39, 0.29) is 5.41 Å². The lowest BCUT2D eigenvalue weighted by atomic mass is 9.91. The number of nitrogens with one attached hydrogen (secondary N) is 1. The lowest BCUT2D eigenvalue weighted by molar-refractivity contribution is 0.567. The van der Waals surface area contributed by atoms with Gasteiger partial charge in [-0.1, -0.05) is 26.0 Å². The predicted molar refractivity (Wildman–Crippen MR) is 83.6 cm³/mol. The second-order valence-corrected chi connectivity index (χ2v) is 6.61.